The molecule has 0 unspecified atom stereocenters. The molecule has 0 aromatic carbocycles. The van der Waals surface area contributed by atoms with Crippen LogP contribution in [0.4, 0.5) is 6.01 Å². The molecule has 0 saturated carbocycles. The second-order valence-electron chi connectivity index (χ2n) is 2.55. The molecule has 0 fully saturated rings. The van der Waals surface area contributed by atoms with Crippen molar-refractivity contribution in [3.8, 4) is 10.6 Å². The van der Waals surface area contributed by atoms with E-state index in [1.165, 1.54) is 5.56 Å². The molecule has 62 valence electrons. The van der Waals surface area contributed by atoms with Crippen LogP contribution in [0, 0.1) is 6.92 Å². The number of aryl methyl sites for hydroxylation is 1. The zero-order valence-corrected chi connectivity index (χ0v) is 7.39. The number of rotatable bonds is 1. The van der Waals surface area contributed by atoms with Crippen molar-refractivity contribution in [1.29, 1.82) is 0 Å². The lowest BCUT2D eigenvalue weighted by Crippen LogP contribution is -1.79. The zero-order chi connectivity index (χ0) is 8.55. The van der Waals surface area contributed by atoms with Crippen molar-refractivity contribution in [1.82, 2.24) is 4.98 Å². The highest BCUT2D eigenvalue weighted by molar-refractivity contribution is 7.13. The van der Waals surface area contributed by atoms with E-state index in [2.05, 4.69) is 10.4 Å². The standard InChI is InChI=1S/C8H8N2OS/c1-5-2-7(12-4-5)6-3-10-8(9)11-6/h2-4H,1H3,(H2,9,10). The Morgan fingerprint density at radius 1 is 1.58 bits per heavy atom. The third-order valence-corrected chi connectivity index (χ3v) is 2.56. The molecule has 0 spiro atoms. The Labute approximate surface area is 73.8 Å². The molecule has 0 bridgehead atoms. The number of thiophene rings is 1. The average Bonchev–Trinajstić information content (AvgIpc) is 2.58. The Morgan fingerprint density at radius 2 is 2.42 bits per heavy atom. The van der Waals surface area contributed by atoms with Crippen LogP contribution in [0.3, 0.4) is 0 Å². The van der Waals surface area contributed by atoms with Gasteiger partial charge in [0.15, 0.2) is 5.76 Å². The largest absolute Gasteiger partial charge is 0.423 e. The van der Waals surface area contributed by atoms with Crippen LogP contribution in [0.2, 0.25) is 0 Å². The van der Waals surface area contributed by atoms with Crippen molar-refractivity contribution in [3.63, 3.8) is 0 Å². The third-order valence-electron chi connectivity index (χ3n) is 1.50. The fraction of sp³-hybridized carbons (Fsp3) is 0.125. The first-order valence-electron chi connectivity index (χ1n) is 3.52. The number of nitrogens with two attached hydrogens (primary N) is 1. The van der Waals surface area contributed by atoms with Crippen LogP contribution in [-0.4, -0.2) is 4.98 Å². The van der Waals surface area contributed by atoms with E-state index in [0.29, 0.717) is 0 Å². The lowest BCUT2D eigenvalue weighted by atomic mass is 10.3. The molecule has 3 nitrogen and oxygen atoms in total. The summed E-state index contributed by atoms with van der Waals surface area (Å²) in [6.45, 7) is 2.04. The molecular weight excluding hydrogens is 172 g/mol. The number of nitrogens with zero attached hydrogens (tertiary/aromatic N) is 1. The quantitative estimate of drug-likeness (QED) is 0.732. The van der Waals surface area contributed by atoms with Gasteiger partial charge in [0.2, 0.25) is 0 Å². The SMILES string of the molecule is Cc1csc(-c2cnc(N)o2)c1. The van der Waals surface area contributed by atoms with Gasteiger partial charge in [0.1, 0.15) is 0 Å². The van der Waals surface area contributed by atoms with Crippen molar-refractivity contribution < 1.29 is 4.42 Å². The molecule has 2 heterocycles. The Bertz CT molecular complexity index is 353. The molecule has 0 saturated heterocycles. The van der Waals surface area contributed by atoms with Gasteiger partial charge in [-0.25, -0.2) is 4.98 Å². The maximum Gasteiger partial charge on any atom is 0.292 e. The summed E-state index contributed by atoms with van der Waals surface area (Å²) in [6, 6.07) is 2.26. The smallest absolute Gasteiger partial charge is 0.292 e. The zero-order valence-electron chi connectivity index (χ0n) is 6.57. The summed E-state index contributed by atoms with van der Waals surface area (Å²) >= 11 is 1.63. The molecule has 4 heteroatoms. The van der Waals surface area contributed by atoms with E-state index in [-0.39, 0.29) is 6.01 Å². The van der Waals surface area contributed by atoms with Gasteiger partial charge in [-0.2, -0.15) is 0 Å². The van der Waals surface area contributed by atoms with Gasteiger partial charge in [0.05, 0.1) is 11.1 Å². The maximum absolute atomic E-state index is 5.35. The normalized spacial score (nSPS) is 10.4. The first-order chi connectivity index (χ1) is 5.75. The van der Waals surface area contributed by atoms with E-state index in [0.717, 1.165) is 10.6 Å². The van der Waals surface area contributed by atoms with Gasteiger partial charge in [-0.1, -0.05) is 0 Å². The number of anilines is 1. The van der Waals surface area contributed by atoms with E-state index in [1.54, 1.807) is 17.5 Å². The predicted octanol–water partition coefficient (Wildman–Crippen LogP) is 2.29. The topological polar surface area (TPSA) is 52.0 Å². The number of oxazole rings is 1. The van der Waals surface area contributed by atoms with Gasteiger partial charge < -0.3 is 10.2 Å². The highest BCUT2D eigenvalue weighted by Gasteiger charge is 2.05. The van der Waals surface area contributed by atoms with E-state index >= 15 is 0 Å². The van der Waals surface area contributed by atoms with E-state index in [4.69, 9.17) is 10.2 Å². The van der Waals surface area contributed by atoms with Crippen LogP contribution in [0.5, 0.6) is 0 Å². The first-order valence-corrected chi connectivity index (χ1v) is 4.40. The van der Waals surface area contributed by atoms with Crippen molar-refractivity contribution in [2.45, 2.75) is 6.92 Å². The number of nitrogen functional groups attached to an aromatic ring is 1. The van der Waals surface area contributed by atoms with Gasteiger partial charge in [-0.05, 0) is 23.9 Å². The molecule has 2 aromatic rings. The van der Waals surface area contributed by atoms with Gasteiger partial charge in [-0.15, -0.1) is 11.3 Å². The molecule has 0 atom stereocenters. The van der Waals surface area contributed by atoms with Crippen LogP contribution >= 0.6 is 11.3 Å². The lowest BCUT2D eigenvalue weighted by molar-refractivity contribution is 0.596. The van der Waals surface area contributed by atoms with Crippen molar-refractivity contribution in [3.05, 3.63) is 23.2 Å². The lowest BCUT2D eigenvalue weighted by Gasteiger charge is -1.85. The second kappa shape index (κ2) is 2.64. The van der Waals surface area contributed by atoms with Crippen LogP contribution in [0.15, 0.2) is 22.1 Å². The van der Waals surface area contributed by atoms with Crippen LogP contribution in [-0.2, 0) is 0 Å². The molecule has 2 aromatic heterocycles. The van der Waals surface area contributed by atoms with Crippen LogP contribution in [0.25, 0.3) is 10.6 Å². The van der Waals surface area contributed by atoms with Gasteiger partial charge in [0.25, 0.3) is 6.01 Å². The van der Waals surface area contributed by atoms with Gasteiger partial charge in [0, 0.05) is 0 Å². The molecule has 0 radical (unpaired) electrons. The molecule has 0 aliphatic heterocycles. The second-order valence-corrected chi connectivity index (χ2v) is 3.46. The van der Waals surface area contributed by atoms with Gasteiger partial charge >= 0.3 is 0 Å². The summed E-state index contributed by atoms with van der Waals surface area (Å²) in [6.07, 6.45) is 1.64. The third kappa shape index (κ3) is 1.21. The Kier molecular flexibility index (Phi) is 1.62. The predicted molar refractivity (Wildman–Crippen MR) is 49.0 cm³/mol. The fourth-order valence-electron chi connectivity index (χ4n) is 0.962. The fourth-order valence-corrected chi connectivity index (χ4v) is 1.81. The van der Waals surface area contributed by atoms with Crippen LogP contribution < -0.4 is 5.73 Å². The van der Waals surface area contributed by atoms with Crippen molar-refractivity contribution in [2.24, 2.45) is 0 Å². The summed E-state index contributed by atoms with van der Waals surface area (Å²) in [4.78, 5) is 4.89. The Hall–Kier alpha value is -1.29. The molecular formula is C8H8N2OS. The highest BCUT2D eigenvalue weighted by Crippen LogP contribution is 2.27. The minimum atomic E-state index is 0.219. The van der Waals surface area contributed by atoms with Crippen LogP contribution in [0.1, 0.15) is 5.56 Å². The summed E-state index contributed by atoms with van der Waals surface area (Å²) in [5, 5.41) is 2.06. The summed E-state index contributed by atoms with van der Waals surface area (Å²) in [5.41, 5.74) is 6.58. The molecule has 0 aliphatic carbocycles. The molecule has 0 amide bonds. The van der Waals surface area contributed by atoms with E-state index in [9.17, 15) is 0 Å². The number of aromatic nitrogens is 1. The first kappa shape index (κ1) is 7.36. The number of hydrogen-bond donors (Lipinski definition) is 1. The van der Waals surface area contributed by atoms with Crippen molar-refractivity contribution in [2.75, 3.05) is 5.73 Å². The highest BCUT2D eigenvalue weighted by atomic mass is 32.1. The molecule has 12 heavy (non-hydrogen) atoms. The molecule has 2 rings (SSSR count). The molecule has 2 N–H and O–H groups in total. The summed E-state index contributed by atoms with van der Waals surface area (Å²) in [7, 11) is 0. The summed E-state index contributed by atoms with van der Waals surface area (Å²) in [5.74, 6) is 0.741. The summed E-state index contributed by atoms with van der Waals surface area (Å²) < 4.78 is 5.16. The average molecular weight is 180 g/mol. The minimum Gasteiger partial charge on any atom is -0.423 e. The minimum absolute atomic E-state index is 0.219. The van der Waals surface area contributed by atoms with Gasteiger partial charge in [-0.3, -0.25) is 0 Å². The van der Waals surface area contributed by atoms with E-state index in [1.807, 2.05) is 13.0 Å². The molecule has 0 aliphatic rings. The van der Waals surface area contributed by atoms with Crippen molar-refractivity contribution >= 4 is 17.4 Å². The van der Waals surface area contributed by atoms with E-state index < -0.39 is 0 Å². The Balaban J connectivity index is 2.43. The Morgan fingerprint density at radius 3 is 2.92 bits per heavy atom. The number of hydrogen-bond acceptors (Lipinski definition) is 4. The monoisotopic (exact) mass is 180 g/mol. The maximum atomic E-state index is 5.35.